The Balaban J connectivity index is 1.88. The van der Waals surface area contributed by atoms with Gasteiger partial charge < -0.3 is 15.4 Å². The van der Waals surface area contributed by atoms with E-state index in [0.29, 0.717) is 46.6 Å². The molecule has 2 amide bonds. The summed E-state index contributed by atoms with van der Waals surface area (Å²) >= 11 is 0. The number of carbonyl (C=O) groups is 2. The van der Waals surface area contributed by atoms with Crippen LogP contribution < -0.4 is 20.9 Å². The Kier molecular flexibility index (Phi) is 7.67. The molecule has 2 N–H and O–H groups in total. The number of methoxy groups -OCH3 is 1. The fourth-order valence-electron chi connectivity index (χ4n) is 4.25. The van der Waals surface area contributed by atoms with Crippen LogP contribution in [0.2, 0.25) is 0 Å². The Hall–Kier alpha value is -4.46. The smallest absolute Gasteiger partial charge is 0.278 e. The molecule has 4 aromatic rings. The number of benzene rings is 3. The van der Waals surface area contributed by atoms with Crippen LogP contribution in [0.25, 0.3) is 22.3 Å². The van der Waals surface area contributed by atoms with E-state index in [0.717, 1.165) is 5.56 Å². The van der Waals surface area contributed by atoms with Crippen molar-refractivity contribution in [2.45, 2.75) is 39.7 Å². The zero-order chi connectivity index (χ0) is 26.5. The second-order valence-electron chi connectivity index (χ2n) is 8.72. The molecule has 4 rings (SSSR count). The maximum absolute atomic E-state index is 14.0. The van der Waals surface area contributed by atoms with E-state index in [9.17, 15) is 14.4 Å². The minimum Gasteiger partial charge on any atom is -0.497 e. The molecule has 3 aromatic carbocycles. The van der Waals surface area contributed by atoms with Gasteiger partial charge in [0.2, 0.25) is 11.8 Å². The number of amides is 2. The quantitative estimate of drug-likeness (QED) is 0.342. The molecule has 0 aliphatic carbocycles. The normalized spacial score (nSPS) is 11.7. The van der Waals surface area contributed by atoms with Gasteiger partial charge in [0, 0.05) is 23.7 Å². The Morgan fingerprint density at radius 3 is 2.51 bits per heavy atom. The summed E-state index contributed by atoms with van der Waals surface area (Å²) in [5, 5.41) is 5.79. The number of nitrogens with one attached hydrogen (secondary N) is 2. The number of anilines is 2. The molecular weight excluding hydrogens is 468 g/mol. The van der Waals surface area contributed by atoms with Gasteiger partial charge >= 0.3 is 0 Å². The van der Waals surface area contributed by atoms with Crippen molar-refractivity contribution in [1.82, 2.24) is 9.55 Å². The average molecular weight is 499 g/mol. The van der Waals surface area contributed by atoms with Crippen LogP contribution in [0.1, 0.15) is 38.3 Å². The summed E-state index contributed by atoms with van der Waals surface area (Å²) in [5.41, 5.74) is 3.36. The first-order chi connectivity index (χ1) is 17.9. The zero-order valence-electron chi connectivity index (χ0n) is 21.4. The van der Waals surface area contributed by atoms with Crippen molar-refractivity contribution in [3.8, 4) is 17.0 Å². The second kappa shape index (κ2) is 11.1. The Morgan fingerprint density at radius 1 is 1.00 bits per heavy atom. The number of para-hydroxylation sites is 2. The summed E-state index contributed by atoms with van der Waals surface area (Å²) in [7, 11) is 1.56. The molecule has 0 aliphatic rings. The summed E-state index contributed by atoms with van der Waals surface area (Å²) in [6, 6.07) is 19.0. The fourth-order valence-corrected chi connectivity index (χ4v) is 4.25. The first kappa shape index (κ1) is 25.6. The highest BCUT2D eigenvalue weighted by Crippen LogP contribution is 2.29. The van der Waals surface area contributed by atoms with E-state index in [1.807, 2.05) is 44.2 Å². The third-order valence-corrected chi connectivity index (χ3v) is 6.16. The van der Waals surface area contributed by atoms with Crippen molar-refractivity contribution < 1.29 is 14.3 Å². The van der Waals surface area contributed by atoms with Crippen molar-refractivity contribution in [3.05, 3.63) is 82.6 Å². The van der Waals surface area contributed by atoms with Crippen molar-refractivity contribution in [2.24, 2.45) is 0 Å². The summed E-state index contributed by atoms with van der Waals surface area (Å²) in [6.45, 7) is 5.53. The number of rotatable bonds is 8. The highest BCUT2D eigenvalue weighted by molar-refractivity contribution is 5.97. The van der Waals surface area contributed by atoms with E-state index < -0.39 is 11.6 Å². The van der Waals surface area contributed by atoms with Crippen molar-refractivity contribution in [2.75, 3.05) is 17.7 Å². The van der Waals surface area contributed by atoms with E-state index in [-0.39, 0.29) is 17.5 Å². The number of aryl methyl sites for hydroxylation is 1. The standard InChI is InChI=1S/C29H30N4O4/c1-5-24(28(35)30-19-10-9-11-20(17-19)37-4)33-25-13-8-7-12-23(25)32-27(29(33)36)21-16-18(3)14-15-22(21)31-26(34)6-2/h7-17,24H,5-6H2,1-4H3,(H,30,35)(H,31,34)/t24-/m0/s1. The minimum absolute atomic E-state index is 0.168. The second-order valence-corrected chi connectivity index (χ2v) is 8.72. The van der Waals surface area contributed by atoms with Crippen LogP contribution in [0, 0.1) is 6.92 Å². The minimum atomic E-state index is -0.802. The van der Waals surface area contributed by atoms with Gasteiger partial charge in [-0.25, -0.2) is 4.98 Å². The SMILES string of the molecule is CCC(=O)Nc1ccc(C)cc1-c1nc2ccccc2n([C@@H](CC)C(=O)Nc2cccc(OC)c2)c1=O. The lowest BCUT2D eigenvalue weighted by molar-refractivity contribution is -0.119. The summed E-state index contributed by atoms with van der Waals surface area (Å²) < 4.78 is 6.76. The molecule has 0 fully saturated rings. The van der Waals surface area contributed by atoms with Crippen LogP contribution >= 0.6 is 0 Å². The number of nitrogens with zero attached hydrogens (tertiary/aromatic N) is 2. The molecule has 0 radical (unpaired) electrons. The molecule has 1 aromatic heterocycles. The maximum atomic E-state index is 14.0. The Morgan fingerprint density at radius 2 is 1.78 bits per heavy atom. The van der Waals surface area contributed by atoms with Crippen LogP contribution in [0.3, 0.4) is 0 Å². The van der Waals surface area contributed by atoms with Crippen molar-refractivity contribution >= 4 is 34.2 Å². The molecule has 0 unspecified atom stereocenters. The first-order valence-corrected chi connectivity index (χ1v) is 12.2. The van der Waals surface area contributed by atoms with E-state index >= 15 is 0 Å². The van der Waals surface area contributed by atoms with Gasteiger partial charge in [-0.1, -0.05) is 43.7 Å². The van der Waals surface area contributed by atoms with Crippen molar-refractivity contribution in [3.63, 3.8) is 0 Å². The van der Waals surface area contributed by atoms with E-state index in [4.69, 9.17) is 9.72 Å². The van der Waals surface area contributed by atoms with Gasteiger partial charge in [0.25, 0.3) is 5.56 Å². The third-order valence-electron chi connectivity index (χ3n) is 6.16. The van der Waals surface area contributed by atoms with Gasteiger partial charge in [0.1, 0.15) is 17.5 Å². The molecular formula is C29H30N4O4. The first-order valence-electron chi connectivity index (χ1n) is 12.2. The lowest BCUT2D eigenvalue weighted by atomic mass is 10.0. The van der Waals surface area contributed by atoms with E-state index in [1.54, 1.807) is 50.4 Å². The summed E-state index contributed by atoms with van der Waals surface area (Å²) in [5.74, 6) is 0.111. The van der Waals surface area contributed by atoms with E-state index in [2.05, 4.69) is 10.6 Å². The van der Waals surface area contributed by atoms with Gasteiger partial charge in [-0.15, -0.1) is 0 Å². The third kappa shape index (κ3) is 5.38. The van der Waals surface area contributed by atoms with Crippen molar-refractivity contribution in [1.29, 1.82) is 0 Å². The maximum Gasteiger partial charge on any atom is 0.278 e. The fraction of sp³-hybridized carbons (Fsp3) is 0.241. The van der Waals surface area contributed by atoms with E-state index in [1.165, 1.54) is 4.57 Å². The topological polar surface area (TPSA) is 102 Å². The lowest BCUT2D eigenvalue weighted by Crippen LogP contribution is -2.34. The van der Waals surface area contributed by atoms with Crippen LogP contribution in [-0.2, 0) is 9.59 Å². The summed E-state index contributed by atoms with van der Waals surface area (Å²) in [6.07, 6.45) is 0.668. The number of hydrogen-bond donors (Lipinski definition) is 2. The lowest BCUT2D eigenvalue weighted by Gasteiger charge is -2.22. The number of carbonyl (C=O) groups excluding carboxylic acids is 2. The van der Waals surface area contributed by atoms with Gasteiger partial charge in [-0.05, 0) is 49.7 Å². The molecule has 0 spiro atoms. The largest absolute Gasteiger partial charge is 0.497 e. The molecule has 0 saturated carbocycles. The Labute approximate surface area is 215 Å². The number of aromatic nitrogens is 2. The van der Waals surface area contributed by atoms with Gasteiger partial charge in [0.05, 0.1) is 23.8 Å². The predicted molar refractivity (Wildman–Crippen MR) is 146 cm³/mol. The van der Waals surface area contributed by atoms with Crippen LogP contribution in [0.4, 0.5) is 11.4 Å². The molecule has 8 heteroatoms. The van der Waals surface area contributed by atoms with Gasteiger partial charge in [0.15, 0.2) is 0 Å². The molecule has 8 nitrogen and oxygen atoms in total. The number of ether oxygens (including phenoxy) is 1. The molecule has 1 heterocycles. The molecule has 1 atom stereocenters. The molecule has 37 heavy (non-hydrogen) atoms. The molecule has 0 saturated heterocycles. The number of hydrogen-bond acceptors (Lipinski definition) is 5. The Bertz CT molecular complexity index is 1530. The van der Waals surface area contributed by atoms with Crippen LogP contribution in [0.5, 0.6) is 5.75 Å². The van der Waals surface area contributed by atoms with Gasteiger partial charge in [-0.2, -0.15) is 0 Å². The average Bonchev–Trinajstić information content (AvgIpc) is 2.91. The highest BCUT2D eigenvalue weighted by Gasteiger charge is 2.25. The van der Waals surface area contributed by atoms with Crippen LogP contribution in [-0.4, -0.2) is 28.5 Å². The molecule has 0 bridgehead atoms. The molecule has 0 aliphatic heterocycles. The monoisotopic (exact) mass is 498 g/mol. The predicted octanol–water partition coefficient (Wildman–Crippen LogP) is 5.32. The van der Waals surface area contributed by atoms with Crippen LogP contribution in [0.15, 0.2) is 71.5 Å². The molecule has 190 valence electrons. The summed E-state index contributed by atoms with van der Waals surface area (Å²) in [4.78, 5) is 44.4. The zero-order valence-corrected chi connectivity index (χ0v) is 21.4. The highest BCUT2D eigenvalue weighted by atomic mass is 16.5. The van der Waals surface area contributed by atoms with Gasteiger partial charge in [-0.3, -0.25) is 19.0 Å². The number of fused-ring (bicyclic) bond motifs is 1.